The highest BCUT2D eigenvalue weighted by molar-refractivity contribution is 5.78. The fraction of sp³-hybridized carbons (Fsp3) is 0.308. The summed E-state index contributed by atoms with van der Waals surface area (Å²) in [5, 5.41) is 7.63. The average molecular weight is 276 g/mol. The smallest absolute Gasteiger partial charge is 0.260 e. The molecule has 0 saturated carbocycles. The first-order valence-corrected chi connectivity index (χ1v) is 6.24. The summed E-state index contributed by atoms with van der Waals surface area (Å²) in [5.41, 5.74) is 0. The van der Waals surface area contributed by atoms with Gasteiger partial charge in [0.1, 0.15) is 11.6 Å². The summed E-state index contributed by atoms with van der Waals surface area (Å²) in [4.78, 5) is 13.6. The maximum Gasteiger partial charge on any atom is 0.260 e. The Morgan fingerprint density at radius 3 is 2.75 bits per heavy atom. The molecule has 0 spiro atoms. The van der Waals surface area contributed by atoms with Crippen molar-refractivity contribution in [1.82, 2.24) is 19.9 Å². The summed E-state index contributed by atoms with van der Waals surface area (Å²) in [6.07, 6.45) is 3.39. The normalized spacial score (nSPS) is 14.9. The quantitative estimate of drug-likeness (QED) is 0.831. The third kappa shape index (κ3) is 2.61. The number of carbonyl (C=O) groups excluding carboxylic acids is 1. The predicted molar refractivity (Wildman–Crippen MR) is 67.5 cm³/mol. The van der Waals surface area contributed by atoms with Gasteiger partial charge in [-0.05, 0) is 24.3 Å². The highest BCUT2D eigenvalue weighted by Gasteiger charge is 2.32. The van der Waals surface area contributed by atoms with Crippen LogP contribution in [0.4, 0.5) is 4.39 Å². The van der Waals surface area contributed by atoms with E-state index in [4.69, 9.17) is 4.74 Å². The van der Waals surface area contributed by atoms with E-state index in [9.17, 15) is 9.18 Å². The molecule has 1 saturated heterocycles. The summed E-state index contributed by atoms with van der Waals surface area (Å²) < 4.78 is 19.8. The van der Waals surface area contributed by atoms with Gasteiger partial charge in [-0.2, -0.15) is 0 Å². The van der Waals surface area contributed by atoms with Gasteiger partial charge in [-0.15, -0.1) is 5.10 Å². The second kappa shape index (κ2) is 5.28. The van der Waals surface area contributed by atoms with Gasteiger partial charge >= 0.3 is 0 Å². The summed E-state index contributed by atoms with van der Waals surface area (Å²) >= 11 is 0. The van der Waals surface area contributed by atoms with Gasteiger partial charge in [-0.3, -0.25) is 4.79 Å². The van der Waals surface area contributed by atoms with Crippen LogP contribution in [0.1, 0.15) is 6.04 Å². The molecule has 20 heavy (non-hydrogen) atoms. The van der Waals surface area contributed by atoms with Gasteiger partial charge in [0.25, 0.3) is 5.91 Å². The van der Waals surface area contributed by atoms with E-state index < -0.39 is 0 Å². The van der Waals surface area contributed by atoms with Crippen LogP contribution >= 0.6 is 0 Å². The van der Waals surface area contributed by atoms with Crippen LogP contribution in [-0.4, -0.2) is 45.5 Å². The Bertz CT molecular complexity index is 579. The maximum atomic E-state index is 12.7. The van der Waals surface area contributed by atoms with Crippen molar-refractivity contribution in [3.8, 4) is 5.75 Å². The Morgan fingerprint density at radius 2 is 2.10 bits per heavy atom. The number of benzene rings is 1. The van der Waals surface area contributed by atoms with Crippen LogP contribution in [0.2, 0.25) is 0 Å². The molecule has 1 aliphatic heterocycles. The molecule has 0 N–H and O–H groups in total. The topological polar surface area (TPSA) is 60.2 Å². The van der Waals surface area contributed by atoms with E-state index in [1.54, 1.807) is 22.0 Å². The molecule has 0 bridgehead atoms. The molecule has 2 heterocycles. The zero-order chi connectivity index (χ0) is 13.9. The van der Waals surface area contributed by atoms with Gasteiger partial charge in [0.05, 0.1) is 12.2 Å². The van der Waals surface area contributed by atoms with E-state index in [2.05, 4.69) is 10.3 Å². The summed E-state index contributed by atoms with van der Waals surface area (Å²) in [6, 6.07) is 5.77. The second-order valence-electron chi connectivity index (χ2n) is 4.58. The SMILES string of the molecule is O=C(COc1ccc(F)cc1)N1CC(n2ccnn2)C1. The molecule has 0 unspecified atom stereocenters. The lowest BCUT2D eigenvalue weighted by Crippen LogP contribution is -2.52. The van der Waals surface area contributed by atoms with E-state index in [0.717, 1.165) is 0 Å². The molecule has 0 aliphatic carbocycles. The Balaban J connectivity index is 1.46. The number of halogens is 1. The van der Waals surface area contributed by atoms with Crippen LogP contribution in [0.3, 0.4) is 0 Å². The van der Waals surface area contributed by atoms with Gasteiger partial charge in [0.15, 0.2) is 6.61 Å². The first kappa shape index (κ1) is 12.6. The number of ether oxygens (including phenoxy) is 1. The third-order valence-corrected chi connectivity index (χ3v) is 3.21. The molecule has 1 aliphatic rings. The van der Waals surface area contributed by atoms with E-state index in [1.165, 1.54) is 24.3 Å². The lowest BCUT2D eigenvalue weighted by molar-refractivity contribution is -0.139. The summed E-state index contributed by atoms with van der Waals surface area (Å²) in [7, 11) is 0. The Hall–Kier alpha value is -2.44. The standard InChI is InChI=1S/C13H13FN4O2/c14-10-1-3-12(4-2-10)20-9-13(19)17-7-11(8-17)18-6-5-15-16-18/h1-6,11H,7-9H2. The zero-order valence-corrected chi connectivity index (χ0v) is 10.6. The largest absolute Gasteiger partial charge is 0.484 e. The van der Waals surface area contributed by atoms with Gasteiger partial charge in [-0.1, -0.05) is 5.21 Å². The molecule has 1 fully saturated rings. The second-order valence-corrected chi connectivity index (χ2v) is 4.58. The van der Waals surface area contributed by atoms with Crippen molar-refractivity contribution >= 4 is 5.91 Å². The van der Waals surface area contributed by atoms with Crippen molar-refractivity contribution < 1.29 is 13.9 Å². The minimum Gasteiger partial charge on any atom is -0.484 e. The monoisotopic (exact) mass is 276 g/mol. The fourth-order valence-electron chi connectivity index (χ4n) is 2.01. The third-order valence-electron chi connectivity index (χ3n) is 3.21. The number of hydrogen-bond donors (Lipinski definition) is 0. The number of nitrogens with zero attached hydrogens (tertiary/aromatic N) is 4. The molecule has 2 aromatic rings. The molecule has 3 rings (SSSR count). The Labute approximate surface area is 114 Å². The number of carbonyl (C=O) groups is 1. The van der Waals surface area contributed by atoms with E-state index >= 15 is 0 Å². The van der Waals surface area contributed by atoms with Crippen LogP contribution in [0.5, 0.6) is 5.75 Å². The number of rotatable bonds is 4. The summed E-state index contributed by atoms with van der Waals surface area (Å²) in [5.74, 6) is 0.0564. The lowest BCUT2D eigenvalue weighted by atomic mass is 10.1. The molecule has 104 valence electrons. The summed E-state index contributed by atoms with van der Waals surface area (Å²) in [6.45, 7) is 1.17. The highest BCUT2D eigenvalue weighted by atomic mass is 19.1. The molecule has 6 nitrogen and oxygen atoms in total. The van der Waals surface area contributed by atoms with Crippen LogP contribution in [0.25, 0.3) is 0 Å². The molecule has 1 amide bonds. The zero-order valence-electron chi connectivity index (χ0n) is 10.6. The van der Waals surface area contributed by atoms with Gasteiger partial charge in [0, 0.05) is 19.3 Å². The molecule has 1 aromatic carbocycles. The molecular formula is C13H13FN4O2. The first-order valence-electron chi connectivity index (χ1n) is 6.24. The fourth-order valence-corrected chi connectivity index (χ4v) is 2.01. The number of aromatic nitrogens is 3. The van der Waals surface area contributed by atoms with Crippen molar-refractivity contribution in [2.24, 2.45) is 0 Å². The van der Waals surface area contributed by atoms with Gasteiger partial charge in [-0.25, -0.2) is 9.07 Å². The van der Waals surface area contributed by atoms with Crippen molar-refractivity contribution in [3.05, 3.63) is 42.5 Å². The van der Waals surface area contributed by atoms with Crippen LogP contribution < -0.4 is 4.74 Å². The highest BCUT2D eigenvalue weighted by Crippen LogP contribution is 2.20. The first-order chi connectivity index (χ1) is 9.72. The number of hydrogen-bond acceptors (Lipinski definition) is 4. The lowest BCUT2D eigenvalue weighted by Gasteiger charge is -2.38. The Morgan fingerprint density at radius 1 is 1.35 bits per heavy atom. The maximum absolute atomic E-state index is 12.7. The van der Waals surface area contributed by atoms with Gasteiger partial charge < -0.3 is 9.64 Å². The predicted octanol–water partition coefficient (Wildman–Crippen LogP) is 0.879. The molecular weight excluding hydrogens is 263 g/mol. The molecule has 7 heteroatoms. The van der Waals surface area contributed by atoms with Crippen LogP contribution in [0.15, 0.2) is 36.7 Å². The Kier molecular flexibility index (Phi) is 3.32. The van der Waals surface area contributed by atoms with Crippen LogP contribution in [0, 0.1) is 5.82 Å². The van der Waals surface area contributed by atoms with E-state index in [0.29, 0.717) is 18.8 Å². The van der Waals surface area contributed by atoms with Crippen LogP contribution in [-0.2, 0) is 4.79 Å². The van der Waals surface area contributed by atoms with Crippen molar-refractivity contribution in [2.75, 3.05) is 19.7 Å². The van der Waals surface area contributed by atoms with E-state index in [1.807, 2.05) is 0 Å². The van der Waals surface area contributed by atoms with Crippen molar-refractivity contribution in [3.63, 3.8) is 0 Å². The van der Waals surface area contributed by atoms with Crippen molar-refractivity contribution in [2.45, 2.75) is 6.04 Å². The van der Waals surface area contributed by atoms with Gasteiger partial charge in [0.2, 0.25) is 0 Å². The molecule has 0 radical (unpaired) electrons. The minimum absolute atomic E-state index is 0.0459. The molecule has 0 atom stereocenters. The van der Waals surface area contributed by atoms with E-state index in [-0.39, 0.29) is 24.4 Å². The number of amides is 1. The molecule has 1 aromatic heterocycles. The minimum atomic E-state index is -0.331. The average Bonchev–Trinajstić information content (AvgIpc) is 2.90. The number of likely N-dealkylation sites (tertiary alicyclic amines) is 1. The van der Waals surface area contributed by atoms with Crippen molar-refractivity contribution in [1.29, 1.82) is 0 Å².